The van der Waals surface area contributed by atoms with Gasteiger partial charge in [0.1, 0.15) is 0 Å². The molecule has 2 nitrogen and oxygen atoms in total. The second-order valence-electron chi connectivity index (χ2n) is 6.18. The van der Waals surface area contributed by atoms with E-state index >= 15 is 0 Å². The molecule has 2 unspecified atom stereocenters. The zero-order chi connectivity index (χ0) is 13.8. The molecule has 0 radical (unpaired) electrons. The van der Waals surface area contributed by atoms with E-state index in [1.807, 2.05) is 0 Å². The van der Waals surface area contributed by atoms with Gasteiger partial charge in [0.25, 0.3) is 0 Å². The summed E-state index contributed by atoms with van der Waals surface area (Å²) in [5.41, 5.74) is 15.1. The van der Waals surface area contributed by atoms with Crippen molar-refractivity contribution in [2.75, 3.05) is 0 Å². The van der Waals surface area contributed by atoms with Gasteiger partial charge in [-0.25, -0.2) is 0 Å². The van der Waals surface area contributed by atoms with Crippen LogP contribution in [0.2, 0.25) is 0 Å². The summed E-state index contributed by atoms with van der Waals surface area (Å²) in [6.45, 7) is 4.51. The van der Waals surface area contributed by atoms with Gasteiger partial charge >= 0.3 is 0 Å². The summed E-state index contributed by atoms with van der Waals surface area (Å²) in [5, 5.41) is 0. The van der Waals surface area contributed by atoms with Crippen LogP contribution >= 0.6 is 0 Å². The molecule has 0 saturated heterocycles. The van der Waals surface area contributed by atoms with Crippen molar-refractivity contribution in [3.8, 4) is 0 Å². The second-order valence-corrected chi connectivity index (χ2v) is 6.18. The summed E-state index contributed by atoms with van der Waals surface area (Å²) >= 11 is 0. The van der Waals surface area contributed by atoms with Gasteiger partial charge in [0.2, 0.25) is 0 Å². The van der Waals surface area contributed by atoms with Crippen LogP contribution in [-0.2, 0) is 0 Å². The number of hydrogen-bond acceptors (Lipinski definition) is 2. The minimum absolute atomic E-state index is 0.179. The first-order valence-corrected chi connectivity index (χ1v) is 7.72. The molecule has 0 heterocycles. The van der Waals surface area contributed by atoms with Gasteiger partial charge < -0.3 is 11.5 Å². The molecule has 0 spiro atoms. The molecule has 1 aliphatic carbocycles. The van der Waals surface area contributed by atoms with Gasteiger partial charge in [-0.05, 0) is 55.1 Å². The minimum atomic E-state index is 0.179. The Morgan fingerprint density at radius 3 is 2.11 bits per heavy atom. The van der Waals surface area contributed by atoms with Gasteiger partial charge in [0.05, 0.1) is 0 Å². The summed E-state index contributed by atoms with van der Waals surface area (Å²) < 4.78 is 0. The van der Waals surface area contributed by atoms with Crippen molar-refractivity contribution in [3.63, 3.8) is 0 Å². The molecule has 1 fully saturated rings. The number of rotatable bonds is 4. The molecular weight excluding hydrogens is 232 g/mol. The average Bonchev–Trinajstić information content (AvgIpc) is 2.46. The molecule has 0 bridgehead atoms. The van der Waals surface area contributed by atoms with Crippen LogP contribution in [0, 0.1) is 5.92 Å². The summed E-state index contributed by atoms with van der Waals surface area (Å²) in [7, 11) is 0. The van der Waals surface area contributed by atoms with Gasteiger partial charge in [0, 0.05) is 12.1 Å². The first kappa shape index (κ1) is 14.5. The van der Waals surface area contributed by atoms with Crippen LogP contribution in [0.4, 0.5) is 0 Å². The molecule has 1 aromatic rings. The maximum Gasteiger partial charge on any atom is 0.0323 e. The van der Waals surface area contributed by atoms with Crippen LogP contribution in [-0.4, -0.2) is 6.04 Å². The lowest BCUT2D eigenvalue weighted by Gasteiger charge is -2.30. The number of nitrogens with two attached hydrogens (primary N) is 2. The molecule has 0 aliphatic heterocycles. The third kappa shape index (κ3) is 3.58. The predicted molar refractivity (Wildman–Crippen MR) is 82.0 cm³/mol. The zero-order valence-corrected chi connectivity index (χ0v) is 12.3. The lowest BCUT2D eigenvalue weighted by molar-refractivity contribution is 0.285. The monoisotopic (exact) mass is 260 g/mol. The topological polar surface area (TPSA) is 52.0 Å². The van der Waals surface area contributed by atoms with Crippen LogP contribution in [0.3, 0.4) is 0 Å². The van der Waals surface area contributed by atoms with E-state index < -0.39 is 0 Å². The molecule has 1 aromatic carbocycles. The SMILES string of the molecule is CCC(C)c1ccc(C(N)C2CCC(N)CC2)cc1. The standard InChI is InChI=1S/C17H28N2/c1-3-12(2)13-4-6-14(7-5-13)17(19)15-8-10-16(18)11-9-15/h4-7,12,15-17H,3,8-11,18-19H2,1-2H3. The lowest BCUT2D eigenvalue weighted by Crippen LogP contribution is -2.31. The van der Waals surface area contributed by atoms with Crippen molar-refractivity contribution >= 4 is 0 Å². The molecule has 0 aromatic heterocycles. The number of benzene rings is 1. The molecule has 19 heavy (non-hydrogen) atoms. The molecule has 4 N–H and O–H groups in total. The quantitative estimate of drug-likeness (QED) is 0.867. The highest BCUT2D eigenvalue weighted by atomic mass is 14.7. The highest BCUT2D eigenvalue weighted by Crippen LogP contribution is 2.33. The van der Waals surface area contributed by atoms with Crippen LogP contribution < -0.4 is 11.5 Å². The van der Waals surface area contributed by atoms with Crippen molar-refractivity contribution in [3.05, 3.63) is 35.4 Å². The van der Waals surface area contributed by atoms with Gasteiger partial charge in [-0.3, -0.25) is 0 Å². The summed E-state index contributed by atoms with van der Waals surface area (Å²) in [5.74, 6) is 1.24. The van der Waals surface area contributed by atoms with Gasteiger partial charge in [-0.2, -0.15) is 0 Å². The summed E-state index contributed by atoms with van der Waals surface area (Å²) in [6.07, 6.45) is 5.80. The third-order valence-electron chi connectivity index (χ3n) is 4.83. The lowest BCUT2D eigenvalue weighted by atomic mass is 9.79. The Hall–Kier alpha value is -0.860. The summed E-state index contributed by atoms with van der Waals surface area (Å²) in [4.78, 5) is 0. The summed E-state index contributed by atoms with van der Waals surface area (Å²) in [6, 6.07) is 9.52. The van der Waals surface area contributed by atoms with Crippen LogP contribution in [0.25, 0.3) is 0 Å². The Kier molecular flexibility index (Phi) is 5.00. The fourth-order valence-electron chi connectivity index (χ4n) is 3.06. The van der Waals surface area contributed by atoms with E-state index in [0.717, 1.165) is 12.8 Å². The van der Waals surface area contributed by atoms with E-state index in [4.69, 9.17) is 11.5 Å². The van der Waals surface area contributed by atoms with E-state index in [-0.39, 0.29) is 6.04 Å². The zero-order valence-electron chi connectivity index (χ0n) is 12.3. The van der Waals surface area contributed by atoms with Crippen molar-refractivity contribution < 1.29 is 0 Å². The molecule has 0 amide bonds. The highest BCUT2D eigenvalue weighted by molar-refractivity contribution is 5.27. The van der Waals surface area contributed by atoms with E-state index in [1.54, 1.807) is 0 Å². The van der Waals surface area contributed by atoms with Crippen molar-refractivity contribution in [2.45, 2.75) is 64.0 Å². The van der Waals surface area contributed by atoms with Crippen molar-refractivity contribution in [2.24, 2.45) is 17.4 Å². The van der Waals surface area contributed by atoms with E-state index in [0.29, 0.717) is 17.9 Å². The average molecular weight is 260 g/mol. The second kappa shape index (κ2) is 6.53. The van der Waals surface area contributed by atoms with Gasteiger partial charge in [0.15, 0.2) is 0 Å². The van der Waals surface area contributed by atoms with Crippen molar-refractivity contribution in [1.82, 2.24) is 0 Å². The Morgan fingerprint density at radius 1 is 1.05 bits per heavy atom. The predicted octanol–water partition coefficient (Wildman–Crippen LogP) is 3.72. The molecule has 1 aliphatic rings. The largest absolute Gasteiger partial charge is 0.328 e. The highest BCUT2D eigenvalue weighted by Gasteiger charge is 2.24. The third-order valence-corrected chi connectivity index (χ3v) is 4.83. The molecule has 2 rings (SSSR count). The smallest absolute Gasteiger partial charge is 0.0323 e. The molecule has 1 saturated carbocycles. The maximum atomic E-state index is 6.43. The van der Waals surface area contributed by atoms with E-state index in [1.165, 1.54) is 30.4 Å². The molecule has 2 heteroatoms. The van der Waals surface area contributed by atoms with Crippen molar-refractivity contribution in [1.29, 1.82) is 0 Å². The Bertz CT molecular complexity index is 377. The first-order valence-electron chi connectivity index (χ1n) is 7.72. The van der Waals surface area contributed by atoms with Crippen LogP contribution in [0.1, 0.15) is 69.0 Å². The number of hydrogen-bond donors (Lipinski definition) is 2. The van der Waals surface area contributed by atoms with E-state index in [2.05, 4.69) is 38.1 Å². The van der Waals surface area contributed by atoms with E-state index in [9.17, 15) is 0 Å². The minimum Gasteiger partial charge on any atom is -0.328 e. The fourth-order valence-corrected chi connectivity index (χ4v) is 3.06. The molecule has 106 valence electrons. The molecular formula is C17H28N2. The van der Waals surface area contributed by atoms with Crippen LogP contribution in [0.15, 0.2) is 24.3 Å². The Morgan fingerprint density at radius 2 is 1.58 bits per heavy atom. The normalized spacial score (nSPS) is 26.9. The van der Waals surface area contributed by atoms with Gasteiger partial charge in [-0.1, -0.05) is 38.1 Å². The first-order chi connectivity index (χ1) is 9.11. The van der Waals surface area contributed by atoms with Gasteiger partial charge in [-0.15, -0.1) is 0 Å². The Balaban J connectivity index is 2.01. The molecule has 2 atom stereocenters. The maximum absolute atomic E-state index is 6.43. The van der Waals surface area contributed by atoms with Crippen LogP contribution in [0.5, 0.6) is 0 Å². The Labute approximate surface area is 117 Å². The fraction of sp³-hybridized carbons (Fsp3) is 0.647.